The number of hydrogen-bond acceptors (Lipinski definition) is 5. The number of phenolic OH excluding ortho intramolecular Hbond substituents is 1. The first-order chi connectivity index (χ1) is 17.4. The van der Waals surface area contributed by atoms with Crippen LogP contribution in [0.5, 0.6) is 11.5 Å². The van der Waals surface area contributed by atoms with Crippen molar-refractivity contribution < 1.29 is 24.5 Å². The van der Waals surface area contributed by atoms with Crippen molar-refractivity contribution in [1.82, 2.24) is 9.88 Å². The van der Waals surface area contributed by atoms with Gasteiger partial charge in [-0.25, -0.2) is 0 Å². The molecule has 0 spiro atoms. The van der Waals surface area contributed by atoms with E-state index in [4.69, 9.17) is 4.74 Å². The minimum absolute atomic E-state index is 0.00556. The summed E-state index contributed by atoms with van der Waals surface area (Å²) in [5.41, 5.74) is 2.96. The summed E-state index contributed by atoms with van der Waals surface area (Å²) in [6.07, 6.45) is 2.41. The van der Waals surface area contributed by atoms with Crippen molar-refractivity contribution in [1.29, 1.82) is 0 Å². The van der Waals surface area contributed by atoms with Crippen molar-refractivity contribution in [2.45, 2.75) is 12.5 Å². The third-order valence-electron chi connectivity index (χ3n) is 6.47. The number of aromatic amines is 1. The average Bonchev–Trinajstić information content (AvgIpc) is 3.41. The van der Waals surface area contributed by atoms with Crippen LogP contribution in [0.2, 0.25) is 0 Å². The lowest BCUT2D eigenvalue weighted by Crippen LogP contribution is -2.31. The smallest absolute Gasteiger partial charge is 0.295 e. The zero-order chi connectivity index (χ0) is 25.4. The minimum Gasteiger partial charge on any atom is -0.507 e. The summed E-state index contributed by atoms with van der Waals surface area (Å²) in [6.45, 7) is 0.247. The fraction of sp³-hybridized carbons (Fsp3) is 0.143. The monoisotopic (exact) mass is 546 g/mol. The number of hydrogen-bond donors (Lipinski definition) is 3. The van der Waals surface area contributed by atoms with Gasteiger partial charge in [-0.1, -0.05) is 52.3 Å². The van der Waals surface area contributed by atoms with Gasteiger partial charge in [-0.15, -0.1) is 0 Å². The van der Waals surface area contributed by atoms with Gasteiger partial charge in [-0.3, -0.25) is 9.59 Å². The molecule has 5 rings (SSSR count). The van der Waals surface area contributed by atoms with E-state index in [0.717, 1.165) is 20.9 Å². The fourth-order valence-corrected chi connectivity index (χ4v) is 4.93. The number of amides is 1. The van der Waals surface area contributed by atoms with E-state index >= 15 is 0 Å². The number of halogens is 1. The molecular weight excluding hydrogens is 524 g/mol. The Bertz CT molecular complexity index is 1510. The number of para-hydroxylation sites is 1. The minimum atomic E-state index is -0.853. The summed E-state index contributed by atoms with van der Waals surface area (Å²) >= 11 is 3.37. The van der Waals surface area contributed by atoms with Crippen LogP contribution >= 0.6 is 15.9 Å². The number of ether oxygens (including phenoxy) is 1. The molecule has 182 valence electrons. The maximum Gasteiger partial charge on any atom is 0.295 e. The molecule has 3 aromatic carbocycles. The van der Waals surface area contributed by atoms with Crippen molar-refractivity contribution in [3.05, 3.63) is 99.7 Å². The molecule has 1 aliphatic heterocycles. The quantitative estimate of drug-likeness (QED) is 0.173. The zero-order valence-electron chi connectivity index (χ0n) is 19.4. The van der Waals surface area contributed by atoms with Crippen LogP contribution in [0.25, 0.3) is 16.7 Å². The number of likely N-dealkylation sites (tertiary alicyclic amines) is 1. The highest BCUT2D eigenvalue weighted by molar-refractivity contribution is 9.10. The number of carbonyl (C=O) groups is 2. The van der Waals surface area contributed by atoms with Crippen LogP contribution in [-0.2, 0) is 16.0 Å². The first-order valence-electron chi connectivity index (χ1n) is 11.3. The number of fused-ring (bicyclic) bond motifs is 1. The van der Waals surface area contributed by atoms with Gasteiger partial charge in [0.15, 0.2) is 11.5 Å². The topological polar surface area (TPSA) is 103 Å². The van der Waals surface area contributed by atoms with Gasteiger partial charge in [-0.2, -0.15) is 0 Å². The van der Waals surface area contributed by atoms with Gasteiger partial charge in [0.05, 0.1) is 18.7 Å². The van der Waals surface area contributed by atoms with E-state index in [1.165, 1.54) is 18.1 Å². The van der Waals surface area contributed by atoms with Crippen LogP contribution in [0.4, 0.5) is 0 Å². The maximum absolute atomic E-state index is 13.3. The highest BCUT2D eigenvalue weighted by Gasteiger charge is 2.46. The number of aliphatic hydroxyl groups excluding tert-OH is 1. The van der Waals surface area contributed by atoms with Gasteiger partial charge in [-0.05, 0) is 47.9 Å². The number of carbonyl (C=O) groups excluding carboxylic acids is 2. The summed E-state index contributed by atoms with van der Waals surface area (Å²) in [5, 5.41) is 22.4. The van der Waals surface area contributed by atoms with Gasteiger partial charge < -0.3 is 24.8 Å². The number of rotatable bonds is 6. The number of phenols is 1. The first kappa shape index (κ1) is 23.7. The number of benzene rings is 3. The van der Waals surface area contributed by atoms with E-state index in [0.29, 0.717) is 17.5 Å². The van der Waals surface area contributed by atoms with Crippen LogP contribution in [0.1, 0.15) is 22.7 Å². The number of ketones is 1. The van der Waals surface area contributed by atoms with Crippen LogP contribution in [0.3, 0.4) is 0 Å². The highest BCUT2D eigenvalue weighted by Crippen LogP contribution is 2.42. The lowest BCUT2D eigenvalue weighted by Gasteiger charge is -2.25. The van der Waals surface area contributed by atoms with Gasteiger partial charge in [0.1, 0.15) is 5.76 Å². The van der Waals surface area contributed by atoms with E-state index in [1.54, 1.807) is 36.4 Å². The number of aliphatic hydroxyl groups is 1. The molecular formula is C28H23BrN2O5. The first-order valence-corrected chi connectivity index (χ1v) is 12.1. The van der Waals surface area contributed by atoms with E-state index < -0.39 is 17.7 Å². The number of aromatic nitrogens is 1. The Hall–Kier alpha value is -4.04. The molecule has 0 aliphatic carbocycles. The summed E-state index contributed by atoms with van der Waals surface area (Å²) in [4.78, 5) is 31.2. The van der Waals surface area contributed by atoms with Gasteiger partial charge >= 0.3 is 0 Å². The third-order valence-corrected chi connectivity index (χ3v) is 7.00. The molecule has 2 heterocycles. The lowest BCUT2D eigenvalue weighted by atomic mass is 9.95. The second kappa shape index (κ2) is 9.54. The van der Waals surface area contributed by atoms with E-state index in [-0.39, 0.29) is 29.4 Å². The standard InChI is InChI=1S/C28H23BrN2O5/c1-36-23-14-17(8-11-22(23)32)25-24(26(33)16-6-9-19(29)10-7-16)27(34)28(35)31(25)13-12-18-15-30-21-5-3-2-4-20(18)21/h2-11,14-15,25,30,32-33H,12-13H2,1H3/b26-24-. The van der Waals surface area contributed by atoms with Crippen LogP contribution in [0.15, 0.2) is 83.0 Å². The Labute approximate surface area is 215 Å². The molecule has 3 N–H and O–H groups in total. The molecule has 7 nitrogen and oxygen atoms in total. The SMILES string of the molecule is COc1cc(C2/C(=C(/O)c3ccc(Br)cc3)C(=O)C(=O)N2CCc2c[nH]c3ccccc23)ccc1O. The normalized spacial score (nSPS) is 17.2. The summed E-state index contributed by atoms with van der Waals surface area (Å²) in [6, 6.07) is 18.5. The van der Waals surface area contributed by atoms with Crippen molar-refractivity contribution in [2.24, 2.45) is 0 Å². The molecule has 1 aliphatic rings. The molecule has 1 fully saturated rings. The molecule has 4 aromatic rings. The molecule has 1 unspecified atom stereocenters. The van der Waals surface area contributed by atoms with Crippen LogP contribution in [0, 0.1) is 0 Å². The Balaban J connectivity index is 1.59. The van der Waals surface area contributed by atoms with Crippen LogP contribution in [-0.4, -0.2) is 45.4 Å². The molecule has 36 heavy (non-hydrogen) atoms. The number of H-pyrrole nitrogens is 1. The average molecular weight is 547 g/mol. The lowest BCUT2D eigenvalue weighted by molar-refractivity contribution is -0.139. The summed E-state index contributed by atoms with van der Waals surface area (Å²) in [7, 11) is 1.43. The fourth-order valence-electron chi connectivity index (χ4n) is 4.66. The highest BCUT2D eigenvalue weighted by atomic mass is 79.9. The predicted octanol–water partition coefficient (Wildman–Crippen LogP) is 5.31. The van der Waals surface area contributed by atoms with Crippen molar-refractivity contribution in [3.8, 4) is 11.5 Å². The Morgan fingerprint density at radius 3 is 2.58 bits per heavy atom. The maximum atomic E-state index is 13.3. The molecule has 0 saturated carbocycles. The predicted molar refractivity (Wildman–Crippen MR) is 140 cm³/mol. The van der Waals surface area contributed by atoms with E-state index in [1.807, 2.05) is 30.5 Å². The van der Waals surface area contributed by atoms with E-state index in [9.17, 15) is 19.8 Å². The number of nitrogens with one attached hydrogen (secondary N) is 1. The van der Waals surface area contributed by atoms with E-state index in [2.05, 4.69) is 20.9 Å². The largest absolute Gasteiger partial charge is 0.507 e. The molecule has 1 saturated heterocycles. The molecule has 8 heteroatoms. The number of aromatic hydroxyl groups is 1. The van der Waals surface area contributed by atoms with Crippen molar-refractivity contribution >= 4 is 44.3 Å². The van der Waals surface area contributed by atoms with Gasteiger partial charge in [0.2, 0.25) is 0 Å². The van der Waals surface area contributed by atoms with Crippen LogP contribution < -0.4 is 4.74 Å². The summed E-state index contributed by atoms with van der Waals surface area (Å²) < 4.78 is 6.09. The van der Waals surface area contributed by atoms with Crippen molar-refractivity contribution in [3.63, 3.8) is 0 Å². The van der Waals surface area contributed by atoms with Crippen molar-refractivity contribution in [2.75, 3.05) is 13.7 Å². The summed E-state index contributed by atoms with van der Waals surface area (Å²) in [5.74, 6) is -1.56. The second-order valence-electron chi connectivity index (χ2n) is 8.54. The third kappa shape index (κ3) is 4.13. The molecule has 0 bridgehead atoms. The number of methoxy groups -OCH3 is 1. The van der Waals surface area contributed by atoms with Gasteiger partial charge in [0.25, 0.3) is 11.7 Å². The molecule has 1 amide bonds. The molecule has 1 atom stereocenters. The molecule has 1 aromatic heterocycles. The Morgan fingerprint density at radius 2 is 1.83 bits per heavy atom. The second-order valence-corrected chi connectivity index (χ2v) is 9.46. The molecule has 0 radical (unpaired) electrons. The number of Topliss-reactive ketones (excluding diaryl/α,β-unsaturated/α-hetero) is 1. The Morgan fingerprint density at radius 1 is 1.08 bits per heavy atom. The Kier molecular flexibility index (Phi) is 6.28. The number of nitrogens with zero attached hydrogens (tertiary/aromatic N) is 1. The zero-order valence-corrected chi connectivity index (χ0v) is 21.0. The van der Waals surface area contributed by atoms with Gasteiger partial charge in [0, 0.05) is 33.7 Å².